The summed E-state index contributed by atoms with van der Waals surface area (Å²) in [6, 6.07) is 15.4. The standard InChI is InChI=1S/C25H29N5O3/c1-27-21-7-5-4-6-20(21)26-22(27)17-29-14-12-25(13-15-29)23(31)30(24(32)28(25)2)16-18-8-10-19(33-3)11-9-18/h4-11H,12-17H2,1-3H3. The SMILES string of the molecule is COc1ccc(CN2C(=O)N(C)C3(CCN(Cc4nc5ccccc5n4C)CC3)C2=O)cc1. The maximum Gasteiger partial charge on any atom is 0.327 e. The van der Waals surface area contributed by atoms with Crippen molar-refractivity contribution in [3.63, 3.8) is 0 Å². The minimum Gasteiger partial charge on any atom is -0.497 e. The van der Waals surface area contributed by atoms with Crippen molar-refractivity contribution in [2.75, 3.05) is 27.2 Å². The highest BCUT2D eigenvalue weighted by Gasteiger charge is 2.56. The molecule has 0 radical (unpaired) electrons. The van der Waals surface area contributed by atoms with Gasteiger partial charge in [0, 0.05) is 27.2 Å². The number of imidazole rings is 1. The number of hydrogen-bond donors (Lipinski definition) is 0. The van der Waals surface area contributed by atoms with Crippen LogP contribution in [0.5, 0.6) is 5.75 Å². The van der Waals surface area contributed by atoms with Gasteiger partial charge in [-0.25, -0.2) is 9.78 Å². The zero-order valence-electron chi connectivity index (χ0n) is 19.3. The van der Waals surface area contributed by atoms with Crippen molar-refractivity contribution in [1.29, 1.82) is 0 Å². The average molecular weight is 448 g/mol. The number of para-hydroxylation sites is 2. The highest BCUT2D eigenvalue weighted by Crippen LogP contribution is 2.37. The summed E-state index contributed by atoms with van der Waals surface area (Å²) >= 11 is 0. The van der Waals surface area contributed by atoms with Crippen LogP contribution >= 0.6 is 0 Å². The Morgan fingerprint density at radius 2 is 1.67 bits per heavy atom. The molecule has 0 atom stereocenters. The number of piperidine rings is 1. The topological polar surface area (TPSA) is 70.9 Å². The molecule has 8 heteroatoms. The number of carbonyl (C=O) groups is 2. The molecule has 5 rings (SSSR count). The first kappa shape index (κ1) is 21.5. The van der Waals surface area contributed by atoms with Crippen molar-refractivity contribution in [3.05, 3.63) is 59.9 Å². The van der Waals surface area contributed by atoms with E-state index in [0.29, 0.717) is 12.8 Å². The Morgan fingerprint density at radius 3 is 2.33 bits per heavy atom. The summed E-state index contributed by atoms with van der Waals surface area (Å²) in [5.41, 5.74) is 2.26. The number of rotatable bonds is 5. The Labute approximate surface area is 193 Å². The number of fused-ring (bicyclic) bond motifs is 1. The van der Waals surface area contributed by atoms with Gasteiger partial charge in [-0.1, -0.05) is 24.3 Å². The second kappa shape index (κ2) is 8.19. The second-order valence-corrected chi connectivity index (χ2v) is 8.96. The van der Waals surface area contributed by atoms with E-state index in [9.17, 15) is 9.59 Å². The molecule has 3 heterocycles. The Morgan fingerprint density at radius 1 is 0.970 bits per heavy atom. The lowest BCUT2D eigenvalue weighted by molar-refractivity contribution is -0.135. The monoisotopic (exact) mass is 447 g/mol. The lowest BCUT2D eigenvalue weighted by atomic mass is 9.86. The molecule has 2 aliphatic heterocycles. The highest BCUT2D eigenvalue weighted by atomic mass is 16.5. The van der Waals surface area contributed by atoms with E-state index < -0.39 is 5.54 Å². The van der Waals surface area contributed by atoms with Gasteiger partial charge in [0.1, 0.15) is 17.1 Å². The van der Waals surface area contributed by atoms with Crippen molar-refractivity contribution in [3.8, 4) is 5.75 Å². The molecule has 2 fully saturated rings. The van der Waals surface area contributed by atoms with Gasteiger partial charge in [0.25, 0.3) is 5.91 Å². The fourth-order valence-electron chi connectivity index (χ4n) is 5.07. The third-order valence-corrected chi connectivity index (χ3v) is 7.23. The van der Waals surface area contributed by atoms with Crippen LogP contribution in [0.1, 0.15) is 24.2 Å². The zero-order valence-corrected chi connectivity index (χ0v) is 19.3. The first-order valence-corrected chi connectivity index (χ1v) is 11.3. The number of urea groups is 1. The maximum atomic E-state index is 13.5. The average Bonchev–Trinajstić information content (AvgIpc) is 3.24. The van der Waals surface area contributed by atoms with Crippen molar-refractivity contribution >= 4 is 23.0 Å². The number of likely N-dealkylation sites (tertiary alicyclic amines) is 1. The second-order valence-electron chi connectivity index (χ2n) is 8.96. The number of hydrogen-bond acceptors (Lipinski definition) is 5. The van der Waals surface area contributed by atoms with E-state index in [1.165, 1.54) is 4.90 Å². The number of methoxy groups -OCH3 is 1. The number of imide groups is 1. The van der Waals surface area contributed by atoms with Crippen LogP contribution in [-0.4, -0.2) is 69.0 Å². The summed E-state index contributed by atoms with van der Waals surface area (Å²) in [5.74, 6) is 1.67. The van der Waals surface area contributed by atoms with Crippen LogP contribution in [0.15, 0.2) is 48.5 Å². The van der Waals surface area contributed by atoms with E-state index in [-0.39, 0.29) is 18.5 Å². The molecule has 1 aromatic heterocycles. The lowest BCUT2D eigenvalue weighted by Gasteiger charge is -2.40. The molecule has 2 aliphatic rings. The van der Waals surface area contributed by atoms with E-state index in [1.54, 1.807) is 19.1 Å². The van der Waals surface area contributed by atoms with Crippen molar-refractivity contribution in [2.24, 2.45) is 7.05 Å². The Hall–Kier alpha value is -3.39. The van der Waals surface area contributed by atoms with Gasteiger partial charge >= 0.3 is 6.03 Å². The summed E-state index contributed by atoms with van der Waals surface area (Å²) in [7, 11) is 5.42. The van der Waals surface area contributed by atoms with Crippen molar-refractivity contribution in [2.45, 2.75) is 31.5 Å². The molecule has 3 amide bonds. The van der Waals surface area contributed by atoms with Crippen LogP contribution in [0, 0.1) is 0 Å². The molecule has 0 unspecified atom stereocenters. The summed E-state index contributed by atoms with van der Waals surface area (Å²) in [5, 5.41) is 0. The van der Waals surface area contributed by atoms with E-state index in [4.69, 9.17) is 9.72 Å². The molecule has 0 saturated carbocycles. The first-order chi connectivity index (χ1) is 15.9. The number of aryl methyl sites for hydroxylation is 1. The molecule has 0 aliphatic carbocycles. The fourth-order valence-corrected chi connectivity index (χ4v) is 5.07. The molecule has 2 aromatic carbocycles. The minimum absolute atomic E-state index is 0.0896. The Bertz CT molecular complexity index is 1190. The van der Waals surface area contributed by atoms with Gasteiger partial charge in [-0.05, 0) is 42.7 Å². The van der Waals surface area contributed by atoms with Crippen LogP contribution in [-0.2, 0) is 24.9 Å². The van der Waals surface area contributed by atoms with Gasteiger partial charge in [-0.2, -0.15) is 0 Å². The number of likely N-dealkylation sites (N-methyl/N-ethyl adjacent to an activating group) is 1. The molecule has 1 spiro atoms. The van der Waals surface area contributed by atoms with Crippen molar-refractivity contribution in [1.82, 2.24) is 24.3 Å². The molecule has 2 saturated heterocycles. The number of benzene rings is 2. The first-order valence-electron chi connectivity index (χ1n) is 11.3. The molecule has 0 bridgehead atoms. The number of aromatic nitrogens is 2. The van der Waals surface area contributed by atoms with Crippen LogP contribution in [0.2, 0.25) is 0 Å². The van der Waals surface area contributed by atoms with Gasteiger partial charge in [-0.3, -0.25) is 14.6 Å². The van der Waals surface area contributed by atoms with E-state index in [2.05, 4.69) is 15.5 Å². The summed E-state index contributed by atoms with van der Waals surface area (Å²) in [6.45, 7) is 2.48. The van der Waals surface area contributed by atoms with Gasteiger partial charge in [0.15, 0.2) is 0 Å². The normalized spacial score (nSPS) is 18.6. The van der Waals surface area contributed by atoms with Gasteiger partial charge in [0.05, 0.1) is 31.2 Å². The maximum absolute atomic E-state index is 13.5. The van der Waals surface area contributed by atoms with E-state index in [0.717, 1.165) is 47.8 Å². The third kappa shape index (κ3) is 3.54. The molecule has 172 valence electrons. The Kier molecular flexibility index (Phi) is 5.32. The Balaban J connectivity index is 1.28. The number of nitrogens with zero attached hydrogens (tertiary/aromatic N) is 5. The summed E-state index contributed by atoms with van der Waals surface area (Å²) in [4.78, 5) is 36.6. The van der Waals surface area contributed by atoms with E-state index in [1.807, 2.05) is 49.5 Å². The highest BCUT2D eigenvalue weighted by molar-refractivity contribution is 6.06. The third-order valence-electron chi connectivity index (χ3n) is 7.23. The van der Waals surface area contributed by atoms with Crippen LogP contribution < -0.4 is 4.74 Å². The predicted molar refractivity (Wildman–Crippen MR) is 125 cm³/mol. The zero-order chi connectivity index (χ0) is 23.2. The molecule has 3 aromatic rings. The van der Waals surface area contributed by atoms with E-state index >= 15 is 0 Å². The summed E-state index contributed by atoms with van der Waals surface area (Å²) < 4.78 is 7.33. The molecule has 33 heavy (non-hydrogen) atoms. The smallest absolute Gasteiger partial charge is 0.327 e. The largest absolute Gasteiger partial charge is 0.497 e. The molecular weight excluding hydrogens is 418 g/mol. The van der Waals surface area contributed by atoms with Crippen LogP contribution in [0.25, 0.3) is 11.0 Å². The fraction of sp³-hybridized carbons (Fsp3) is 0.400. The quantitative estimate of drug-likeness (QED) is 0.563. The number of carbonyl (C=O) groups excluding carboxylic acids is 2. The van der Waals surface area contributed by atoms with Gasteiger partial charge in [0.2, 0.25) is 0 Å². The van der Waals surface area contributed by atoms with Gasteiger partial charge in [-0.15, -0.1) is 0 Å². The molecular formula is C25H29N5O3. The summed E-state index contributed by atoms with van der Waals surface area (Å²) in [6.07, 6.45) is 1.24. The van der Waals surface area contributed by atoms with Crippen molar-refractivity contribution < 1.29 is 14.3 Å². The van der Waals surface area contributed by atoms with Gasteiger partial charge < -0.3 is 14.2 Å². The lowest BCUT2D eigenvalue weighted by Crippen LogP contribution is -2.55. The van der Waals surface area contributed by atoms with Crippen LogP contribution in [0.3, 0.4) is 0 Å². The van der Waals surface area contributed by atoms with Crippen LogP contribution in [0.4, 0.5) is 4.79 Å². The number of ether oxygens (including phenoxy) is 1. The molecule has 0 N–H and O–H groups in total. The number of amides is 3. The predicted octanol–water partition coefficient (Wildman–Crippen LogP) is 3.01. The molecule has 8 nitrogen and oxygen atoms in total. The minimum atomic E-state index is -0.758.